The molecule has 0 radical (unpaired) electrons. The number of hydrogen-bond donors (Lipinski definition) is 0. The normalized spacial score (nSPS) is 13.3. The molecule has 0 atom stereocenters. The van der Waals surface area contributed by atoms with Crippen molar-refractivity contribution in [2.24, 2.45) is 0 Å². The molecule has 1 heterocycles. The van der Waals surface area contributed by atoms with Crippen LogP contribution in [0.1, 0.15) is 25.0 Å². The van der Waals surface area contributed by atoms with Gasteiger partial charge in [-0.05, 0) is 117 Å². The van der Waals surface area contributed by atoms with Crippen molar-refractivity contribution >= 4 is 60.4 Å². The zero-order valence-electron chi connectivity index (χ0n) is 27.6. The zero-order chi connectivity index (χ0) is 32.7. The second-order valence-electron chi connectivity index (χ2n) is 13.8. The Balaban J connectivity index is 1.10. The highest BCUT2D eigenvalue weighted by Gasteiger charge is 2.34. The van der Waals surface area contributed by atoms with E-state index in [-0.39, 0.29) is 5.41 Å². The molecule has 2 nitrogen and oxygen atoms in total. The summed E-state index contributed by atoms with van der Waals surface area (Å²) in [7, 11) is 0. The molecule has 0 unspecified atom stereocenters. The lowest BCUT2D eigenvalue weighted by molar-refractivity contribution is 0.663. The van der Waals surface area contributed by atoms with Gasteiger partial charge in [-0.25, -0.2) is 0 Å². The minimum absolute atomic E-state index is 0.0379. The van der Waals surface area contributed by atoms with E-state index in [1.54, 1.807) is 0 Å². The van der Waals surface area contributed by atoms with Gasteiger partial charge in [-0.2, -0.15) is 0 Å². The average Bonchev–Trinajstić information content (AvgIpc) is 3.61. The molecule has 0 fully saturated rings. The quantitative estimate of drug-likeness (QED) is 0.173. The monoisotopic (exact) mass is 626 g/mol. The third kappa shape index (κ3) is 4.14. The maximum Gasteiger partial charge on any atom is 0.0542 e. The first-order valence-electron chi connectivity index (χ1n) is 17.1. The molecule has 0 bridgehead atoms. The molecular formula is C47H34N2. The molecule has 1 aliphatic rings. The first-order chi connectivity index (χ1) is 24.1. The lowest BCUT2D eigenvalue weighted by atomic mass is 9.81. The van der Waals surface area contributed by atoms with Crippen molar-refractivity contribution in [3.8, 4) is 16.8 Å². The molecule has 0 amide bonds. The maximum atomic E-state index is 2.43. The minimum Gasteiger partial charge on any atom is -0.310 e. The summed E-state index contributed by atoms with van der Waals surface area (Å²) >= 11 is 0. The average molecular weight is 627 g/mol. The summed E-state index contributed by atoms with van der Waals surface area (Å²) in [5.41, 5.74) is 12.3. The van der Waals surface area contributed by atoms with Gasteiger partial charge in [0.25, 0.3) is 0 Å². The number of nitrogens with zero attached hydrogens (tertiary/aromatic N) is 2. The third-order valence-corrected chi connectivity index (χ3v) is 10.7. The topological polar surface area (TPSA) is 8.17 Å². The minimum atomic E-state index is -0.0379. The molecule has 2 heteroatoms. The SMILES string of the molecule is CC1(C)c2cccc3ccc4cc(-c5ccc(N(c6ccccc6)c6ccc7c(c6)c6ccccc6n7-c6ccccc6)cc5)cc1c4c23. The van der Waals surface area contributed by atoms with Gasteiger partial charge in [-0.15, -0.1) is 0 Å². The van der Waals surface area contributed by atoms with E-state index in [4.69, 9.17) is 0 Å². The molecule has 0 N–H and O–H groups in total. The summed E-state index contributed by atoms with van der Waals surface area (Å²) in [6.07, 6.45) is 0. The van der Waals surface area contributed by atoms with Crippen molar-refractivity contribution in [2.75, 3.05) is 4.90 Å². The van der Waals surface area contributed by atoms with Crippen LogP contribution in [-0.4, -0.2) is 4.57 Å². The predicted octanol–water partition coefficient (Wildman–Crippen LogP) is 12.9. The van der Waals surface area contributed by atoms with Gasteiger partial charge in [-0.3, -0.25) is 0 Å². The number of benzene rings is 8. The summed E-state index contributed by atoms with van der Waals surface area (Å²) in [6.45, 7) is 4.74. The standard InChI is InChI=1S/C47H34N2/c1-47(2)41-18-11-12-32-20-21-33-28-34(29-42(47)46(33)45(32)41)31-22-24-37(25-23-31)48(35-13-5-3-6-14-35)38-26-27-44-40(30-38)39-17-9-10-19-43(39)49(44)36-15-7-4-8-16-36/h3-30H,1-2H3. The Morgan fingerprint density at radius 3 is 1.90 bits per heavy atom. The molecule has 10 rings (SSSR count). The summed E-state index contributed by atoms with van der Waals surface area (Å²) in [5.74, 6) is 0. The van der Waals surface area contributed by atoms with E-state index in [1.165, 1.54) is 71.3 Å². The fourth-order valence-electron chi connectivity index (χ4n) is 8.35. The Hall–Kier alpha value is -6.12. The molecule has 0 saturated carbocycles. The smallest absolute Gasteiger partial charge is 0.0542 e. The second kappa shape index (κ2) is 10.4. The van der Waals surface area contributed by atoms with Gasteiger partial charge in [0, 0.05) is 38.9 Å². The number of fused-ring (bicyclic) bond motifs is 3. The van der Waals surface area contributed by atoms with E-state index >= 15 is 0 Å². The lowest BCUT2D eigenvalue weighted by Crippen LogP contribution is -2.15. The Bertz CT molecular complexity index is 2720. The van der Waals surface area contributed by atoms with Crippen LogP contribution in [0.4, 0.5) is 17.1 Å². The largest absolute Gasteiger partial charge is 0.310 e. The Kier molecular flexibility index (Phi) is 5.95. The van der Waals surface area contributed by atoms with E-state index in [2.05, 4.69) is 193 Å². The lowest BCUT2D eigenvalue weighted by Gasteiger charge is -2.26. The molecule has 49 heavy (non-hydrogen) atoms. The molecule has 1 aliphatic carbocycles. The highest BCUT2D eigenvalue weighted by molar-refractivity contribution is 6.16. The summed E-state index contributed by atoms with van der Waals surface area (Å²) < 4.78 is 2.37. The van der Waals surface area contributed by atoms with Gasteiger partial charge >= 0.3 is 0 Å². The Morgan fingerprint density at radius 1 is 0.429 bits per heavy atom. The van der Waals surface area contributed by atoms with Crippen LogP contribution in [0.3, 0.4) is 0 Å². The maximum absolute atomic E-state index is 2.43. The van der Waals surface area contributed by atoms with E-state index in [0.717, 1.165) is 17.1 Å². The van der Waals surface area contributed by atoms with Crippen molar-refractivity contribution < 1.29 is 0 Å². The van der Waals surface area contributed by atoms with E-state index in [1.807, 2.05) is 0 Å². The predicted molar refractivity (Wildman–Crippen MR) is 208 cm³/mol. The van der Waals surface area contributed by atoms with Crippen LogP contribution in [-0.2, 0) is 5.41 Å². The van der Waals surface area contributed by atoms with Gasteiger partial charge in [-0.1, -0.05) is 111 Å². The van der Waals surface area contributed by atoms with Crippen LogP contribution < -0.4 is 4.90 Å². The second-order valence-corrected chi connectivity index (χ2v) is 13.8. The molecular weight excluding hydrogens is 593 g/mol. The first-order valence-corrected chi connectivity index (χ1v) is 17.1. The number of rotatable bonds is 5. The molecule has 0 saturated heterocycles. The molecule has 8 aromatic carbocycles. The molecule has 0 aliphatic heterocycles. The van der Waals surface area contributed by atoms with E-state index in [0.29, 0.717) is 0 Å². The highest BCUT2D eigenvalue weighted by Crippen LogP contribution is 2.50. The number of para-hydroxylation sites is 3. The Morgan fingerprint density at radius 2 is 1.08 bits per heavy atom. The fraction of sp³-hybridized carbons (Fsp3) is 0.0638. The fourth-order valence-corrected chi connectivity index (χ4v) is 8.35. The van der Waals surface area contributed by atoms with Crippen molar-refractivity contribution in [3.63, 3.8) is 0 Å². The van der Waals surface area contributed by atoms with Crippen LogP contribution in [0.15, 0.2) is 170 Å². The van der Waals surface area contributed by atoms with Crippen LogP contribution in [0.25, 0.3) is 60.2 Å². The summed E-state index contributed by atoms with van der Waals surface area (Å²) in [5, 5.41) is 7.97. The summed E-state index contributed by atoms with van der Waals surface area (Å²) in [6, 6.07) is 62.2. The van der Waals surface area contributed by atoms with Gasteiger partial charge in [0.05, 0.1) is 11.0 Å². The van der Waals surface area contributed by atoms with Crippen LogP contribution in [0, 0.1) is 0 Å². The third-order valence-electron chi connectivity index (χ3n) is 10.7. The van der Waals surface area contributed by atoms with Crippen molar-refractivity contribution in [1.82, 2.24) is 4.57 Å². The first kappa shape index (κ1) is 27.9. The highest BCUT2D eigenvalue weighted by atomic mass is 15.1. The van der Waals surface area contributed by atoms with Crippen molar-refractivity contribution in [3.05, 3.63) is 181 Å². The van der Waals surface area contributed by atoms with Gasteiger partial charge in [0.1, 0.15) is 0 Å². The van der Waals surface area contributed by atoms with Crippen molar-refractivity contribution in [2.45, 2.75) is 19.3 Å². The summed E-state index contributed by atoms with van der Waals surface area (Å²) in [4.78, 5) is 2.37. The van der Waals surface area contributed by atoms with Crippen LogP contribution >= 0.6 is 0 Å². The number of anilines is 3. The van der Waals surface area contributed by atoms with E-state index < -0.39 is 0 Å². The number of aromatic nitrogens is 1. The molecule has 232 valence electrons. The number of hydrogen-bond acceptors (Lipinski definition) is 1. The van der Waals surface area contributed by atoms with Crippen molar-refractivity contribution in [1.29, 1.82) is 0 Å². The Labute approximate surface area is 286 Å². The molecule has 1 aromatic heterocycles. The van der Waals surface area contributed by atoms with Crippen LogP contribution in [0.2, 0.25) is 0 Å². The van der Waals surface area contributed by atoms with Gasteiger partial charge in [0.2, 0.25) is 0 Å². The zero-order valence-corrected chi connectivity index (χ0v) is 27.6. The van der Waals surface area contributed by atoms with Crippen LogP contribution in [0.5, 0.6) is 0 Å². The molecule has 0 spiro atoms. The van der Waals surface area contributed by atoms with E-state index in [9.17, 15) is 0 Å². The van der Waals surface area contributed by atoms with Gasteiger partial charge < -0.3 is 9.47 Å². The molecule has 9 aromatic rings. The van der Waals surface area contributed by atoms with Gasteiger partial charge in [0.15, 0.2) is 0 Å².